The largest absolute Gasteiger partial charge is 0.465 e. The van der Waals surface area contributed by atoms with Gasteiger partial charge in [0.2, 0.25) is 21.8 Å². The van der Waals surface area contributed by atoms with Crippen LogP contribution in [0.1, 0.15) is 48.9 Å². The van der Waals surface area contributed by atoms with E-state index in [1.807, 2.05) is 0 Å². The Morgan fingerprint density at radius 1 is 0.938 bits per heavy atom. The van der Waals surface area contributed by atoms with E-state index in [1.54, 1.807) is 12.1 Å². The number of esters is 1. The summed E-state index contributed by atoms with van der Waals surface area (Å²) in [6.07, 6.45) is 4.84. The number of sulfonamides is 1. The van der Waals surface area contributed by atoms with Gasteiger partial charge in [-0.3, -0.25) is 9.59 Å². The van der Waals surface area contributed by atoms with E-state index in [2.05, 4.69) is 10.6 Å². The van der Waals surface area contributed by atoms with E-state index in [-0.39, 0.29) is 47.2 Å². The van der Waals surface area contributed by atoms with E-state index < -0.39 is 16.0 Å². The topological polar surface area (TPSA) is 122 Å². The number of ether oxygens (including phenoxy) is 1. The van der Waals surface area contributed by atoms with Crippen LogP contribution in [0.25, 0.3) is 0 Å². The van der Waals surface area contributed by atoms with Gasteiger partial charge in [0.05, 0.1) is 17.6 Å². The molecule has 1 aliphatic heterocycles. The first kappa shape index (κ1) is 24.2. The average Bonchev–Trinajstić information content (AvgIpc) is 3.36. The molecule has 1 aliphatic carbocycles. The van der Waals surface area contributed by atoms with Crippen LogP contribution >= 0.6 is 0 Å². The van der Waals surface area contributed by atoms with Crippen LogP contribution in [0.4, 0.5) is 0 Å². The maximum Gasteiger partial charge on any atom is 0.339 e. The highest BCUT2D eigenvalue weighted by Crippen LogP contribution is 2.26. The van der Waals surface area contributed by atoms with Crippen LogP contribution in [0, 0.1) is 11.8 Å². The third kappa shape index (κ3) is 5.66. The number of piperidine rings is 1. The number of rotatable bonds is 8. The number of hydrogen-bond donors (Lipinski definition) is 2. The van der Waals surface area contributed by atoms with E-state index in [0.29, 0.717) is 25.9 Å². The number of hydrogen-bond acceptors (Lipinski definition) is 6. The number of nitrogens with one attached hydrogen (secondary N) is 2. The Labute approximate surface area is 188 Å². The number of benzene rings is 1. The van der Waals surface area contributed by atoms with Crippen LogP contribution in [-0.2, 0) is 24.3 Å². The molecule has 0 unspecified atom stereocenters. The van der Waals surface area contributed by atoms with Gasteiger partial charge < -0.3 is 15.4 Å². The fourth-order valence-electron chi connectivity index (χ4n) is 4.32. The molecule has 3 rings (SSSR count). The van der Waals surface area contributed by atoms with E-state index in [9.17, 15) is 22.8 Å². The van der Waals surface area contributed by atoms with Crippen molar-refractivity contribution >= 4 is 27.8 Å². The summed E-state index contributed by atoms with van der Waals surface area (Å²) in [4.78, 5) is 36.3. The maximum atomic E-state index is 13.1. The van der Waals surface area contributed by atoms with Gasteiger partial charge in [-0.25, -0.2) is 13.2 Å². The van der Waals surface area contributed by atoms with Gasteiger partial charge in [-0.2, -0.15) is 4.31 Å². The normalized spacial score (nSPS) is 18.3. The summed E-state index contributed by atoms with van der Waals surface area (Å²) < 4.78 is 32.1. The van der Waals surface area contributed by atoms with Crippen molar-refractivity contribution < 1.29 is 27.5 Å². The van der Waals surface area contributed by atoms with Crippen molar-refractivity contribution in [2.75, 3.05) is 33.3 Å². The van der Waals surface area contributed by atoms with Gasteiger partial charge in [0.15, 0.2) is 0 Å². The lowest BCUT2D eigenvalue weighted by atomic mass is 9.97. The summed E-state index contributed by atoms with van der Waals surface area (Å²) in [6.45, 7) is 1.11. The Bertz CT molecular complexity index is 935. The Morgan fingerprint density at radius 3 is 2.03 bits per heavy atom. The molecule has 1 saturated carbocycles. The average molecular weight is 466 g/mol. The number of amides is 2. The Balaban J connectivity index is 1.47. The molecule has 176 valence electrons. The van der Waals surface area contributed by atoms with E-state index >= 15 is 0 Å². The molecule has 2 amide bonds. The summed E-state index contributed by atoms with van der Waals surface area (Å²) in [6, 6.07) is 5.95. The standard InChI is InChI=1S/C22H31N3O6S/c1-31-22(28)18-8-4-5-9-19(18)32(29,30)25-14-10-17(11-15-25)21(27)24-13-12-23-20(26)16-6-2-3-7-16/h4-5,8-9,16-17H,2-3,6-7,10-15H2,1H3,(H,23,26)(H,24,27). The zero-order chi connectivity index (χ0) is 23.1. The molecule has 0 radical (unpaired) electrons. The number of carbonyl (C=O) groups excluding carboxylic acids is 3. The fourth-order valence-corrected chi connectivity index (χ4v) is 5.97. The third-order valence-corrected chi connectivity index (χ3v) is 8.14. The van der Waals surface area contributed by atoms with E-state index in [0.717, 1.165) is 25.7 Å². The molecule has 9 nitrogen and oxygen atoms in total. The molecule has 32 heavy (non-hydrogen) atoms. The van der Waals surface area contributed by atoms with Crippen molar-refractivity contribution in [3.8, 4) is 0 Å². The molecular weight excluding hydrogens is 434 g/mol. The quantitative estimate of drug-likeness (QED) is 0.441. The second-order valence-electron chi connectivity index (χ2n) is 8.23. The first-order valence-corrected chi connectivity index (χ1v) is 12.5. The van der Waals surface area contributed by atoms with Crippen LogP contribution < -0.4 is 10.6 Å². The second kappa shape index (κ2) is 10.9. The van der Waals surface area contributed by atoms with Gasteiger partial charge >= 0.3 is 5.97 Å². The minimum atomic E-state index is -3.88. The van der Waals surface area contributed by atoms with Crippen molar-refractivity contribution in [1.29, 1.82) is 0 Å². The molecule has 1 aromatic carbocycles. The van der Waals surface area contributed by atoms with Crippen molar-refractivity contribution in [3.05, 3.63) is 29.8 Å². The molecule has 2 N–H and O–H groups in total. The lowest BCUT2D eigenvalue weighted by Gasteiger charge is -2.31. The number of nitrogens with zero attached hydrogens (tertiary/aromatic N) is 1. The predicted octanol–water partition coefficient (Wildman–Crippen LogP) is 1.30. The van der Waals surface area contributed by atoms with Crippen LogP contribution in [0.2, 0.25) is 0 Å². The Morgan fingerprint density at radius 2 is 1.47 bits per heavy atom. The predicted molar refractivity (Wildman–Crippen MR) is 117 cm³/mol. The molecule has 10 heteroatoms. The maximum absolute atomic E-state index is 13.1. The SMILES string of the molecule is COC(=O)c1ccccc1S(=O)(=O)N1CCC(C(=O)NCCNC(=O)C2CCCC2)CC1. The van der Waals surface area contributed by atoms with Crippen molar-refractivity contribution in [2.24, 2.45) is 11.8 Å². The number of methoxy groups -OCH3 is 1. The lowest BCUT2D eigenvalue weighted by molar-refractivity contribution is -0.127. The van der Waals surface area contributed by atoms with E-state index in [1.165, 1.54) is 23.5 Å². The van der Waals surface area contributed by atoms with Gasteiger partial charge in [-0.15, -0.1) is 0 Å². The van der Waals surface area contributed by atoms with Crippen LogP contribution in [0.5, 0.6) is 0 Å². The summed E-state index contributed by atoms with van der Waals surface area (Å²) in [5, 5.41) is 5.70. The van der Waals surface area contributed by atoms with Gasteiger partial charge in [0.1, 0.15) is 0 Å². The highest BCUT2D eigenvalue weighted by Gasteiger charge is 2.34. The summed E-state index contributed by atoms with van der Waals surface area (Å²) >= 11 is 0. The molecule has 2 fully saturated rings. The van der Waals surface area contributed by atoms with Gasteiger partial charge in [-0.05, 0) is 37.8 Å². The summed E-state index contributed by atoms with van der Waals surface area (Å²) in [5.74, 6) is -0.975. The zero-order valence-electron chi connectivity index (χ0n) is 18.3. The smallest absolute Gasteiger partial charge is 0.339 e. The van der Waals surface area contributed by atoms with Crippen molar-refractivity contribution in [1.82, 2.24) is 14.9 Å². The molecule has 0 spiro atoms. The molecular formula is C22H31N3O6S. The Kier molecular flexibility index (Phi) is 8.25. The molecule has 0 atom stereocenters. The van der Waals surface area contributed by atoms with Crippen LogP contribution in [0.15, 0.2) is 29.2 Å². The highest BCUT2D eigenvalue weighted by molar-refractivity contribution is 7.89. The van der Waals surface area contributed by atoms with Crippen molar-refractivity contribution in [3.63, 3.8) is 0 Å². The first-order valence-electron chi connectivity index (χ1n) is 11.1. The molecule has 1 aromatic rings. The first-order chi connectivity index (χ1) is 15.3. The lowest BCUT2D eigenvalue weighted by Crippen LogP contribution is -2.44. The number of carbonyl (C=O) groups is 3. The van der Waals surface area contributed by atoms with E-state index in [4.69, 9.17) is 4.74 Å². The fraction of sp³-hybridized carbons (Fsp3) is 0.591. The van der Waals surface area contributed by atoms with Crippen molar-refractivity contribution in [2.45, 2.75) is 43.4 Å². The minimum absolute atomic E-state index is 0.00508. The molecule has 0 aromatic heterocycles. The summed E-state index contributed by atoms with van der Waals surface area (Å²) in [7, 11) is -2.68. The molecule has 1 saturated heterocycles. The second-order valence-corrected chi connectivity index (χ2v) is 10.1. The minimum Gasteiger partial charge on any atom is -0.465 e. The molecule has 0 bridgehead atoms. The van der Waals surface area contributed by atoms with Crippen LogP contribution in [-0.4, -0.2) is 63.8 Å². The van der Waals surface area contributed by atoms with Crippen LogP contribution in [0.3, 0.4) is 0 Å². The van der Waals surface area contributed by atoms with Gasteiger partial charge in [0.25, 0.3) is 0 Å². The van der Waals surface area contributed by atoms with Gasteiger partial charge in [0, 0.05) is 38.0 Å². The van der Waals surface area contributed by atoms with Gasteiger partial charge in [-0.1, -0.05) is 25.0 Å². The molecule has 2 aliphatic rings. The molecule has 1 heterocycles. The third-order valence-electron chi connectivity index (χ3n) is 6.18. The summed E-state index contributed by atoms with van der Waals surface area (Å²) in [5.41, 5.74) is -0.00508. The Hall–Kier alpha value is -2.46. The highest BCUT2D eigenvalue weighted by atomic mass is 32.2. The zero-order valence-corrected chi connectivity index (χ0v) is 19.2. The monoisotopic (exact) mass is 465 g/mol.